The first-order valence-corrected chi connectivity index (χ1v) is 13.8. The number of halogens is 3. The molecule has 2 aromatic heterocycles. The maximum absolute atomic E-state index is 13.5. The smallest absolute Gasteiger partial charge is 0.435 e. The Labute approximate surface area is 204 Å². The summed E-state index contributed by atoms with van der Waals surface area (Å²) in [6.45, 7) is 2.43. The number of carbonyl (C=O) groups excluding carboxylic acids is 1. The van der Waals surface area contributed by atoms with Crippen LogP contribution in [0, 0.1) is 18.6 Å². The zero-order valence-corrected chi connectivity index (χ0v) is 20.9. The first-order valence-electron chi connectivity index (χ1n) is 9.93. The van der Waals surface area contributed by atoms with Crippen molar-refractivity contribution in [3.05, 3.63) is 58.9 Å². The molecule has 0 bridgehead atoms. The van der Waals surface area contributed by atoms with Crippen molar-refractivity contribution in [3.8, 4) is 11.6 Å². The van der Waals surface area contributed by atoms with Crippen molar-refractivity contribution >= 4 is 31.2 Å². The molecule has 15 heteroatoms. The zero-order valence-electron chi connectivity index (χ0n) is 19.3. The number of aryl methyl sites for hydroxylation is 1. The van der Waals surface area contributed by atoms with E-state index in [-0.39, 0.29) is 27.1 Å². The SMILES string of the molecule is Cc1nc(S(C)(=O)=O)ccc1Oc1nnc(C(F)(F)F)c(C)c1C(=O)Nc1cccc(S(C)(=N)=O)c1. The van der Waals surface area contributed by atoms with Crippen LogP contribution in [0.2, 0.25) is 0 Å². The molecule has 0 aliphatic rings. The molecule has 0 aliphatic heterocycles. The van der Waals surface area contributed by atoms with Gasteiger partial charge in [0, 0.05) is 23.1 Å². The molecular weight excluding hydrogens is 523 g/mol. The molecule has 10 nitrogen and oxygen atoms in total. The highest BCUT2D eigenvalue weighted by Crippen LogP contribution is 2.35. The number of aromatic nitrogens is 3. The van der Waals surface area contributed by atoms with Gasteiger partial charge in [-0.1, -0.05) is 6.07 Å². The minimum Gasteiger partial charge on any atom is -0.435 e. The number of rotatable bonds is 6. The van der Waals surface area contributed by atoms with E-state index >= 15 is 0 Å². The quantitative estimate of drug-likeness (QED) is 0.473. The van der Waals surface area contributed by atoms with Gasteiger partial charge >= 0.3 is 6.18 Å². The number of hydrogen-bond acceptors (Lipinski definition) is 9. The maximum atomic E-state index is 13.5. The number of nitrogens with one attached hydrogen (secondary N) is 2. The molecule has 192 valence electrons. The predicted molar refractivity (Wildman–Crippen MR) is 123 cm³/mol. The van der Waals surface area contributed by atoms with E-state index in [9.17, 15) is 30.6 Å². The third-order valence-corrected chi connectivity index (χ3v) is 6.96. The van der Waals surface area contributed by atoms with Gasteiger partial charge in [0.1, 0.15) is 5.56 Å². The number of ether oxygens (including phenoxy) is 1. The summed E-state index contributed by atoms with van der Waals surface area (Å²) in [6.07, 6.45) is -2.79. The van der Waals surface area contributed by atoms with Crippen LogP contribution in [0.1, 0.15) is 27.3 Å². The lowest BCUT2D eigenvalue weighted by Crippen LogP contribution is -2.21. The summed E-state index contributed by atoms with van der Waals surface area (Å²) in [6, 6.07) is 7.87. The molecule has 0 spiro atoms. The third kappa shape index (κ3) is 5.96. The zero-order chi connectivity index (χ0) is 27.1. The van der Waals surface area contributed by atoms with Crippen molar-refractivity contribution in [3.63, 3.8) is 0 Å². The van der Waals surface area contributed by atoms with Crippen molar-refractivity contribution in [1.29, 1.82) is 4.78 Å². The first kappa shape index (κ1) is 27.0. The van der Waals surface area contributed by atoms with Crippen LogP contribution in [0.5, 0.6) is 11.6 Å². The maximum Gasteiger partial charge on any atom is 0.435 e. The Morgan fingerprint density at radius 2 is 1.72 bits per heavy atom. The molecule has 1 unspecified atom stereocenters. The topological polar surface area (TPSA) is 152 Å². The van der Waals surface area contributed by atoms with Gasteiger partial charge in [0.15, 0.2) is 26.3 Å². The van der Waals surface area contributed by atoms with E-state index in [1.54, 1.807) is 0 Å². The lowest BCUT2D eigenvalue weighted by atomic mass is 10.1. The molecule has 0 aliphatic carbocycles. The molecule has 3 aromatic rings. The first-order chi connectivity index (χ1) is 16.5. The van der Waals surface area contributed by atoms with E-state index in [2.05, 4.69) is 20.5 Å². The Bertz CT molecular complexity index is 1570. The minimum absolute atomic E-state index is 0.0631. The highest BCUT2D eigenvalue weighted by molar-refractivity contribution is 7.91. The fourth-order valence-electron chi connectivity index (χ4n) is 3.06. The van der Waals surface area contributed by atoms with Crippen molar-refractivity contribution in [2.45, 2.75) is 29.9 Å². The summed E-state index contributed by atoms with van der Waals surface area (Å²) >= 11 is 0. The summed E-state index contributed by atoms with van der Waals surface area (Å²) in [7, 11) is -6.76. The monoisotopic (exact) mass is 543 g/mol. The number of nitrogens with zero attached hydrogens (tertiary/aromatic N) is 3. The highest BCUT2D eigenvalue weighted by Gasteiger charge is 2.38. The summed E-state index contributed by atoms with van der Waals surface area (Å²) in [5.74, 6) is -1.68. The van der Waals surface area contributed by atoms with E-state index in [0.717, 1.165) is 19.2 Å². The third-order valence-electron chi connectivity index (χ3n) is 4.82. The highest BCUT2D eigenvalue weighted by atomic mass is 32.2. The molecule has 2 heterocycles. The second kappa shape index (κ2) is 9.46. The van der Waals surface area contributed by atoms with E-state index in [0.29, 0.717) is 0 Å². The van der Waals surface area contributed by atoms with Gasteiger partial charge in [0.05, 0.1) is 15.4 Å². The van der Waals surface area contributed by atoms with Crippen molar-refractivity contribution in [2.75, 3.05) is 17.8 Å². The van der Waals surface area contributed by atoms with Crippen LogP contribution < -0.4 is 10.1 Å². The molecule has 1 atom stereocenters. The molecule has 0 radical (unpaired) electrons. The van der Waals surface area contributed by atoms with E-state index in [1.807, 2.05) is 0 Å². The van der Waals surface area contributed by atoms with Crippen LogP contribution in [0.4, 0.5) is 18.9 Å². The number of alkyl halides is 3. The van der Waals surface area contributed by atoms with E-state index < -0.39 is 54.4 Å². The molecule has 3 rings (SSSR count). The molecule has 1 aromatic carbocycles. The number of sulfone groups is 1. The summed E-state index contributed by atoms with van der Waals surface area (Å²) in [4.78, 5) is 17.1. The number of amides is 1. The van der Waals surface area contributed by atoms with Crippen LogP contribution in [0.15, 0.2) is 46.3 Å². The Hall–Kier alpha value is -3.59. The standard InChI is InChI=1S/C21H20F3N5O5S2/c1-11-17(19(30)27-13-6-5-7-14(10-13)35(3,25)31)20(29-28-18(11)21(22,23)24)34-15-8-9-16(26-12(15)2)36(4,32)33/h5-10,25H,1-4H3,(H,27,30). The van der Waals surface area contributed by atoms with E-state index in [4.69, 9.17) is 9.52 Å². The molecule has 36 heavy (non-hydrogen) atoms. The van der Waals surface area contributed by atoms with Gasteiger partial charge in [-0.05, 0) is 49.7 Å². The van der Waals surface area contributed by atoms with Gasteiger partial charge in [-0.25, -0.2) is 22.4 Å². The Morgan fingerprint density at radius 3 is 2.28 bits per heavy atom. The Balaban J connectivity index is 2.09. The molecule has 0 saturated heterocycles. The van der Waals surface area contributed by atoms with Crippen LogP contribution in [-0.2, 0) is 25.7 Å². The van der Waals surface area contributed by atoms with E-state index in [1.165, 1.54) is 43.5 Å². The van der Waals surface area contributed by atoms with Gasteiger partial charge in [0.25, 0.3) is 11.8 Å². The van der Waals surface area contributed by atoms with Gasteiger partial charge in [-0.3, -0.25) is 4.79 Å². The van der Waals surface area contributed by atoms with Crippen LogP contribution in [0.25, 0.3) is 0 Å². The van der Waals surface area contributed by atoms with Crippen LogP contribution in [0.3, 0.4) is 0 Å². The molecule has 0 saturated carbocycles. The summed E-state index contributed by atoms with van der Waals surface area (Å²) < 4.78 is 89.2. The largest absolute Gasteiger partial charge is 0.435 e. The molecule has 2 N–H and O–H groups in total. The average Bonchev–Trinajstić information content (AvgIpc) is 2.73. The van der Waals surface area contributed by atoms with Crippen molar-refractivity contribution in [2.24, 2.45) is 0 Å². The summed E-state index contributed by atoms with van der Waals surface area (Å²) in [5.41, 5.74) is -2.41. The van der Waals surface area contributed by atoms with Crippen molar-refractivity contribution < 1.29 is 35.3 Å². The van der Waals surface area contributed by atoms with Crippen LogP contribution >= 0.6 is 0 Å². The number of anilines is 1. The second-order valence-electron chi connectivity index (χ2n) is 7.78. The van der Waals surface area contributed by atoms with Gasteiger partial charge in [-0.15, -0.1) is 10.2 Å². The normalized spacial score (nSPS) is 13.6. The number of hydrogen-bond donors (Lipinski definition) is 2. The molecule has 0 fully saturated rings. The Kier molecular flexibility index (Phi) is 7.10. The lowest BCUT2D eigenvalue weighted by molar-refractivity contribution is -0.142. The number of benzene rings is 1. The van der Waals surface area contributed by atoms with Gasteiger partial charge in [0.2, 0.25) is 0 Å². The molecule has 1 amide bonds. The number of carbonyl (C=O) groups is 1. The van der Waals surface area contributed by atoms with Gasteiger partial charge < -0.3 is 10.1 Å². The fraction of sp³-hybridized carbons (Fsp3) is 0.238. The second-order valence-corrected chi connectivity index (χ2v) is 11.9. The molecular formula is C21H20F3N5O5S2. The minimum atomic E-state index is -4.92. The number of pyridine rings is 1. The summed E-state index contributed by atoms with van der Waals surface area (Å²) in [5, 5.41) is 8.78. The predicted octanol–water partition coefficient (Wildman–Crippen LogP) is 3.99. The van der Waals surface area contributed by atoms with Gasteiger partial charge in [-0.2, -0.15) is 13.2 Å². The Morgan fingerprint density at radius 1 is 1.06 bits per heavy atom. The lowest BCUT2D eigenvalue weighted by Gasteiger charge is -2.16. The fourth-order valence-corrected chi connectivity index (χ4v) is 4.37. The van der Waals surface area contributed by atoms with Crippen LogP contribution in [-0.4, -0.2) is 46.2 Å². The average molecular weight is 544 g/mol. The van der Waals surface area contributed by atoms with Crippen molar-refractivity contribution in [1.82, 2.24) is 15.2 Å².